The topological polar surface area (TPSA) is 37.3 Å². The molecule has 2 atom stereocenters. The lowest BCUT2D eigenvalue weighted by molar-refractivity contribution is 0.180. The monoisotopic (exact) mass is 353 g/mol. The minimum atomic E-state index is 0.122. The van der Waals surface area contributed by atoms with Crippen LogP contribution >= 0.6 is 12.2 Å². The SMILES string of the molecule is Cc1cccc(NC(=S)N2C[C@@H]3C[C@H](C2)c2cccc(=O)n2C3)c1C. The van der Waals surface area contributed by atoms with E-state index >= 15 is 0 Å². The van der Waals surface area contributed by atoms with Crippen LogP contribution in [0.4, 0.5) is 5.69 Å². The highest BCUT2D eigenvalue weighted by molar-refractivity contribution is 7.80. The number of nitrogens with one attached hydrogen (secondary N) is 1. The maximum atomic E-state index is 12.1. The molecule has 2 aliphatic heterocycles. The van der Waals surface area contributed by atoms with Gasteiger partial charge in [0.1, 0.15) is 0 Å². The van der Waals surface area contributed by atoms with E-state index in [1.54, 1.807) is 6.07 Å². The predicted molar refractivity (Wildman–Crippen MR) is 105 cm³/mol. The molecule has 0 amide bonds. The van der Waals surface area contributed by atoms with Crippen LogP contribution in [-0.2, 0) is 6.54 Å². The molecule has 1 N–H and O–H groups in total. The average Bonchev–Trinajstić information content (AvgIpc) is 2.60. The van der Waals surface area contributed by atoms with Crippen LogP contribution in [0.25, 0.3) is 0 Å². The first-order valence-corrected chi connectivity index (χ1v) is 9.25. The number of aromatic nitrogens is 1. The summed E-state index contributed by atoms with van der Waals surface area (Å²) in [7, 11) is 0. The smallest absolute Gasteiger partial charge is 0.250 e. The third-order valence-corrected chi connectivity index (χ3v) is 5.97. The van der Waals surface area contributed by atoms with Crippen molar-refractivity contribution in [2.24, 2.45) is 5.92 Å². The zero-order valence-corrected chi connectivity index (χ0v) is 15.5. The highest BCUT2D eigenvalue weighted by Gasteiger charge is 2.35. The normalized spacial score (nSPS) is 21.6. The van der Waals surface area contributed by atoms with Gasteiger partial charge < -0.3 is 14.8 Å². The largest absolute Gasteiger partial charge is 0.348 e. The van der Waals surface area contributed by atoms with Crippen LogP contribution in [0.15, 0.2) is 41.2 Å². The Kier molecular flexibility index (Phi) is 4.12. The molecular weight excluding hydrogens is 330 g/mol. The molecule has 1 aromatic carbocycles. The Hall–Kier alpha value is -2.14. The van der Waals surface area contributed by atoms with E-state index in [9.17, 15) is 4.79 Å². The molecule has 1 fully saturated rings. The van der Waals surface area contributed by atoms with Crippen LogP contribution in [-0.4, -0.2) is 27.7 Å². The van der Waals surface area contributed by atoms with E-state index in [-0.39, 0.29) is 5.56 Å². The van der Waals surface area contributed by atoms with E-state index in [0.717, 1.165) is 42.5 Å². The molecule has 25 heavy (non-hydrogen) atoms. The molecule has 2 aliphatic rings. The number of hydrogen-bond acceptors (Lipinski definition) is 2. The molecular formula is C20H23N3OS. The Morgan fingerprint density at radius 3 is 2.76 bits per heavy atom. The summed E-state index contributed by atoms with van der Waals surface area (Å²) >= 11 is 5.71. The van der Waals surface area contributed by atoms with Gasteiger partial charge in [0, 0.05) is 43.0 Å². The maximum Gasteiger partial charge on any atom is 0.250 e. The fourth-order valence-electron chi connectivity index (χ4n) is 4.14. The first-order chi connectivity index (χ1) is 12.0. The van der Waals surface area contributed by atoms with E-state index in [1.807, 2.05) is 10.6 Å². The van der Waals surface area contributed by atoms with E-state index in [2.05, 4.69) is 48.3 Å². The van der Waals surface area contributed by atoms with Crippen LogP contribution in [0.3, 0.4) is 0 Å². The van der Waals surface area contributed by atoms with Gasteiger partial charge in [-0.15, -0.1) is 0 Å². The number of hydrogen-bond donors (Lipinski definition) is 1. The molecule has 0 aliphatic carbocycles. The number of piperidine rings is 1. The van der Waals surface area contributed by atoms with Crippen molar-refractivity contribution in [3.05, 3.63) is 63.6 Å². The van der Waals surface area contributed by atoms with Gasteiger partial charge in [0.15, 0.2) is 5.11 Å². The summed E-state index contributed by atoms with van der Waals surface area (Å²) in [6.07, 6.45) is 1.14. The summed E-state index contributed by atoms with van der Waals surface area (Å²) in [5.41, 5.74) is 4.85. The number of thiocarbonyl (C=S) groups is 1. The second kappa shape index (κ2) is 6.30. The number of likely N-dealkylation sites (tertiary alicyclic amines) is 1. The lowest BCUT2D eigenvalue weighted by atomic mass is 9.83. The fraction of sp³-hybridized carbons (Fsp3) is 0.400. The lowest BCUT2D eigenvalue weighted by Gasteiger charge is -2.43. The highest BCUT2D eigenvalue weighted by Crippen LogP contribution is 2.35. The van der Waals surface area contributed by atoms with Crippen molar-refractivity contribution in [2.45, 2.75) is 32.7 Å². The number of rotatable bonds is 1. The number of pyridine rings is 1. The van der Waals surface area contributed by atoms with Gasteiger partial charge in [-0.2, -0.15) is 0 Å². The van der Waals surface area contributed by atoms with Gasteiger partial charge in [-0.1, -0.05) is 18.2 Å². The summed E-state index contributed by atoms with van der Waals surface area (Å²) in [5.74, 6) is 0.851. The third-order valence-electron chi connectivity index (χ3n) is 5.61. The Morgan fingerprint density at radius 2 is 1.92 bits per heavy atom. The third kappa shape index (κ3) is 2.97. The van der Waals surface area contributed by atoms with Crippen LogP contribution < -0.4 is 10.9 Å². The Labute approximate surface area is 153 Å². The van der Waals surface area contributed by atoms with Crippen molar-refractivity contribution in [1.29, 1.82) is 0 Å². The molecule has 0 spiro atoms. The van der Waals surface area contributed by atoms with Gasteiger partial charge in [0.2, 0.25) is 0 Å². The molecule has 3 heterocycles. The van der Waals surface area contributed by atoms with Crippen molar-refractivity contribution in [2.75, 3.05) is 18.4 Å². The van der Waals surface area contributed by atoms with Crippen molar-refractivity contribution in [1.82, 2.24) is 9.47 Å². The zero-order valence-electron chi connectivity index (χ0n) is 14.7. The Balaban J connectivity index is 1.55. The Bertz CT molecular complexity index is 889. The van der Waals surface area contributed by atoms with Gasteiger partial charge in [-0.05, 0) is 61.7 Å². The van der Waals surface area contributed by atoms with Gasteiger partial charge in [0.25, 0.3) is 5.56 Å². The zero-order chi connectivity index (χ0) is 17.6. The van der Waals surface area contributed by atoms with Crippen molar-refractivity contribution < 1.29 is 0 Å². The summed E-state index contributed by atoms with van der Waals surface area (Å²) < 4.78 is 1.96. The van der Waals surface area contributed by atoms with Crippen molar-refractivity contribution in [3.8, 4) is 0 Å². The minimum absolute atomic E-state index is 0.122. The second-order valence-electron chi connectivity index (χ2n) is 7.28. The van der Waals surface area contributed by atoms with Crippen LogP contribution in [0.5, 0.6) is 0 Å². The molecule has 1 aromatic heterocycles. The second-order valence-corrected chi connectivity index (χ2v) is 7.67. The molecule has 4 nitrogen and oxygen atoms in total. The maximum absolute atomic E-state index is 12.1. The van der Waals surface area contributed by atoms with Crippen molar-refractivity contribution in [3.63, 3.8) is 0 Å². The summed E-state index contributed by atoms with van der Waals surface area (Å²) in [6, 6.07) is 11.9. The van der Waals surface area contributed by atoms with Gasteiger partial charge in [0.05, 0.1) is 0 Å². The summed E-state index contributed by atoms with van der Waals surface area (Å²) in [6.45, 7) is 6.82. The molecule has 0 unspecified atom stereocenters. The summed E-state index contributed by atoms with van der Waals surface area (Å²) in [4.78, 5) is 14.4. The van der Waals surface area contributed by atoms with Gasteiger partial charge >= 0.3 is 0 Å². The van der Waals surface area contributed by atoms with Crippen LogP contribution in [0.2, 0.25) is 0 Å². The van der Waals surface area contributed by atoms with E-state index in [4.69, 9.17) is 12.2 Å². The molecule has 1 saturated heterocycles. The molecule has 5 heteroatoms. The number of nitrogens with zero attached hydrogens (tertiary/aromatic N) is 2. The Morgan fingerprint density at radius 1 is 1.12 bits per heavy atom. The van der Waals surface area contributed by atoms with Crippen LogP contribution in [0.1, 0.15) is 29.2 Å². The first-order valence-electron chi connectivity index (χ1n) is 8.85. The number of anilines is 1. The highest BCUT2D eigenvalue weighted by atomic mass is 32.1. The van der Waals surface area contributed by atoms with E-state index in [0.29, 0.717) is 11.8 Å². The molecule has 130 valence electrons. The molecule has 2 aromatic rings. The quantitative estimate of drug-likeness (QED) is 0.799. The predicted octanol–water partition coefficient (Wildman–Crippen LogP) is 3.28. The number of benzene rings is 1. The average molecular weight is 353 g/mol. The molecule has 0 radical (unpaired) electrons. The number of aryl methyl sites for hydroxylation is 1. The van der Waals surface area contributed by atoms with E-state index in [1.165, 1.54) is 11.1 Å². The first kappa shape index (κ1) is 16.3. The minimum Gasteiger partial charge on any atom is -0.348 e. The fourth-order valence-corrected chi connectivity index (χ4v) is 4.40. The lowest BCUT2D eigenvalue weighted by Crippen LogP contribution is -2.50. The number of fused-ring (bicyclic) bond motifs is 4. The van der Waals surface area contributed by atoms with E-state index < -0.39 is 0 Å². The van der Waals surface area contributed by atoms with Gasteiger partial charge in [-0.3, -0.25) is 4.79 Å². The van der Waals surface area contributed by atoms with Gasteiger partial charge in [-0.25, -0.2) is 0 Å². The standard InChI is InChI=1S/C20H23N3OS/c1-13-5-3-6-17(14(13)2)21-20(25)22-10-15-9-16(12-22)18-7-4-8-19(24)23(18)11-15/h3-8,15-16H,9-12H2,1-2H3,(H,21,25)/t15-,16+/m0/s1. The van der Waals surface area contributed by atoms with Crippen molar-refractivity contribution >= 4 is 23.0 Å². The summed E-state index contributed by atoms with van der Waals surface area (Å²) in [5, 5.41) is 4.22. The molecule has 2 bridgehead atoms. The molecule has 4 rings (SSSR count). The molecule has 0 saturated carbocycles. The van der Waals surface area contributed by atoms with Crippen LogP contribution in [0, 0.1) is 19.8 Å².